The van der Waals surface area contributed by atoms with Crippen LogP contribution < -0.4 is 4.74 Å². The quantitative estimate of drug-likeness (QED) is 0.810. The van der Waals surface area contributed by atoms with Crippen LogP contribution >= 0.6 is 0 Å². The Bertz CT molecular complexity index is 671. The number of hydrogen-bond acceptors (Lipinski definition) is 3. The van der Waals surface area contributed by atoms with Gasteiger partial charge in [0.05, 0.1) is 12.7 Å². The molecule has 0 aliphatic heterocycles. The lowest BCUT2D eigenvalue weighted by atomic mass is 10.1. The Hall–Kier alpha value is -2.50. The van der Waals surface area contributed by atoms with Gasteiger partial charge < -0.3 is 9.47 Å². The Labute approximate surface area is 118 Å². The summed E-state index contributed by atoms with van der Waals surface area (Å²) in [4.78, 5) is 11.2. The average molecular weight is 296 g/mol. The maximum Gasteiger partial charge on any atom is 0.340 e. The molecule has 0 heterocycles. The van der Waals surface area contributed by atoms with Crippen LogP contribution in [0.25, 0.3) is 0 Å². The van der Waals surface area contributed by atoms with E-state index >= 15 is 0 Å². The van der Waals surface area contributed by atoms with E-state index in [9.17, 15) is 18.0 Å². The average Bonchev–Trinajstić information content (AvgIpc) is 2.45. The van der Waals surface area contributed by atoms with Gasteiger partial charge in [0.1, 0.15) is 18.2 Å². The molecule has 0 saturated carbocycles. The van der Waals surface area contributed by atoms with Crippen LogP contribution in [0.3, 0.4) is 0 Å². The highest BCUT2D eigenvalue weighted by Crippen LogP contribution is 2.20. The predicted molar refractivity (Wildman–Crippen MR) is 68.4 cm³/mol. The molecule has 0 unspecified atom stereocenters. The molecule has 0 fully saturated rings. The van der Waals surface area contributed by atoms with E-state index in [0.29, 0.717) is 11.6 Å². The highest BCUT2D eigenvalue weighted by atomic mass is 19.1. The van der Waals surface area contributed by atoms with Gasteiger partial charge in [0, 0.05) is 6.07 Å². The van der Waals surface area contributed by atoms with Crippen LogP contribution in [-0.2, 0) is 11.3 Å². The number of hydrogen-bond donors (Lipinski definition) is 0. The van der Waals surface area contributed by atoms with Gasteiger partial charge in [0.2, 0.25) is 0 Å². The molecule has 0 atom stereocenters. The fourth-order valence-electron chi connectivity index (χ4n) is 1.68. The molecule has 110 valence electrons. The van der Waals surface area contributed by atoms with Crippen molar-refractivity contribution in [2.75, 3.05) is 7.11 Å². The lowest BCUT2D eigenvalue weighted by Gasteiger charge is -2.08. The summed E-state index contributed by atoms with van der Waals surface area (Å²) in [7, 11) is 1.15. The first-order valence-corrected chi connectivity index (χ1v) is 5.96. The molecule has 0 aliphatic rings. The molecule has 0 N–H and O–H groups in total. The monoisotopic (exact) mass is 296 g/mol. The van der Waals surface area contributed by atoms with E-state index < -0.39 is 23.4 Å². The topological polar surface area (TPSA) is 35.5 Å². The minimum absolute atomic E-state index is 0.124. The zero-order valence-electron chi connectivity index (χ0n) is 11.0. The summed E-state index contributed by atoms with van der Waals surface area (Å²) < 4.78 is 49.3. The lowest BCUT2D eigenvalue weighted by molar-refractivity contribution is 0.0595. The Morgan fingerprint density at radius 3 is 2.43 bits per heavy atom. The zero-order valence-corrected chi connectivity index (χ0v) is 11.0. The van der Waals surface area contributed by atoms with Crippen molar-refractivity contribution in [3.05, 3.63) is 65.0 Å². The van der Waals surface area contributed by atoms with Crippen LogP contribution in [0.2, 0.25) is 0 Å². The highest BCUT2D eigenvalue weighted by Gasteiger charge is 2.13. The zero-order chi connectivity index (χ0) is 15.4. The van der Waals surface area contributed by atoms with Gasteiger partial charge in [-0.05, 0) is 29.8 Å². The van der Waals surface area contributed by atoms with Crippen LogP contribution in [0, 0.1) is 17.5 Å². The van der Waals surface area contributed by atoms with Crippen LogP contribution in [0.15, 0.2) is 36.4 Å². The standard InChI is InChI=1S/C15H11F3O3/c1-20-15(19)11-4-2-9(6-12(11)17)8-21-14-5-3-10(16)7-13(14)18/h2-7H,8H2,1H3. The van der Waals surface area contributed by atoms with Crippen molar-refractivity contribution >= 4 is 5.97 Å². The van der Waals surface area contributed by atoms with Crippen LogP contribution in [-0.4, -0.2) is 13.1 Å². The number of methoxy groups -OCH3 is 1. The van der Waals surface area contributed by atoms with Gasteiger partial charge in [0.15, 0.2) is 11.6 Å². The third kappa shape index (κ3) is 3.53. The van der Waals surface area contributed by atoms with Crippen molar-refractivity contribution in [2.45, 2.75) is 6.61 Å². The van der Waals surface area contributed by atoms with Crippen molar-refractivity contribution in [1.82, 2.24) is 0 Å². The molecule has 0 spiro atoms. The summed E-state index contributed by atoms with van der Waals surface area (Å²) in [6, 6.07) is 6.69. The van der Waals surface area contributed by atoms with E-state index in [4.69, 9.17) is 4.74 Å². The number of ether oxygens (including phenoxy) is 2. The van der Waals surface area contributed by atoms with Gasteiger partial charge in [-0.15, -0.1) is 0 Å². The third-order valence-electron chi connectivity index (χ3n) is 2.73. The minimum atomic E-state index is -0.846. The summed E-state index contributed by atoms with van der Waals surface area (Å²) in [5.74, 6) is -3.25. The first-order valence-electron chi connectivity index (χ1n) is 5.96. The number of esters is 1. The second kappa shape index (κ2) is 6.30. The van der Waals surface area contributed by atoms with Gasteiger partial charge in [0.25, 0.3) is 0 Å². The molecule has 0 radical (unpaired) electrons. The highest BCUT2D eigenvalue weighted by molar-refractivity contribution is 5.89. The summed E-state index contributed by atoms with van der Waals surface area (Å²) in [6.45, 7) is -0.124. The normalized spacial score (nSPS) is 10.3. The van der Waals surface area contributed by atoms with Crippen LogP contribution in [0.5, 0.6) is 5.75 Å². The number of halogens is 3. The van der Waals surface area contributed by atoms with E-state index in [1.165, 1.54) is 12.1 Å². The van der Waals surface area contributed by atoms with E-state index in [2.05, 4.69) is 4.74 Å². The minimum Gasteiger partial charge on any atom is -0.486 e. The van der Waals surface area contributed by atoms with E-state index in [1.54, 1.807) is 0 Å². The summed E-state index contributed by atoms with van der Waals surface area (Å²) in [5.41, 5.74) is 0.193. The first-order chi connectivity index (χ1) is 10.0. The van der Waals surface area contributed by atoms with Crippen LogP contribution in [0.4, 0.5) is 13.2 Å². The molecule has 2 aromatic rings. The predicted octanol–water partition coefficient (Wildman–Crippen LogP) is 3.47. The summed E-state index contributed by atoms with van der Waals surface area (Å²) >= 11 is 0. The van der Waals surface area contributed by atoms with Crippen molar-refractivity contribution in [2.24, 2.45) is 0 Å². The third-order valence-corrected chi connectivity index (χ3v) is 2.73. The Kier molecular flexibility index (Phi) is 4.47. The van der Waals surface area contributed by atoms with Crippen molar-refractivity contribution in [1.29, 1.82) is 0 Å². The molecule has 3 nitrogen and oxygen atoms in total. The van der Waals surface area contributed by atoms with E-state index in [-0.39, 0.29) is 17.9 Å². The Balaban J connectivity index is 2.10. The molecule has 6 heteroatoms. The molecule has 2 rings (SSSR count). The van der Waals surface area contributed by atoms with Crippen molar-refractivity contribution in [3.63, 3.8) is 0 Å². The van der Waals surface area contributed by atoms with Crippen LogP contribution in [0.1, 0.15) is 15.9 Å². The second-order valence-corrected chi connectivity index (χ2v) is 4.17. The molecule has 0 saturated heterocycles. The number of carbonyl (C=O) groups excluding carboxylic acids is 1. The SMILES string of the molecule is COC(=O)c1ccc(COc2ccc(F)cc2F)cc1F. The number of carbonyl (C=O) groups is 1. The number of benzene rings is 2. The molecule has 0 amide bonds. The van der Waals surface area contributed by atoms with E-state index in [1.807, 2.05) is 0 Å². The molecular weight excluding hydrogens is 285 g/mol. The van der Waals surface area contributed by atoms with Gasteiger partial charge in [-0.1, -0.05) is 6.07 Å². The molecule has 0 aromatic heterocycles. The van der Waals surface area contributed by atoms with Crippen molar-refractivity contribution < 1.29 is 27.4 Å². The fourth-order valence-corrected chi connectivity index (χ4v) is 1.68. The Morgan fingerprint density at radius 2 is 1.81 bits per heavy atom. The van der Waals surface area contributed by atoms with Gasteiger partial charge in [-0.25, -0.2) is 18.0 Å². The summed E-state index contributed by atoms with van der Waals surface area (Å²) in [5, 5.41) is 0. The van der Waals surface area contributed by atoms with E-state index in [0.717, 1.165) is 25.3 Å². The Morgan fingerprint density at radius 1 is 1.05 bits per heavy atom. The molecule has 0 aliphatic carbocycles. The summed E-state index contributed by atoms with van der Waals surface area (Å²) in [6.07, 6.45) is 0. The molecular formula is C15H11F3O3. The van der Waals surface area contributed by atoms with Crippen molar-refractivity contribution in [3.8, 4) is 5.75 Å². The molecule has 2 aromatic carbocycles. The number of rotatable bonds is 4. The van der Waals surface area contributed by atoms with Gasteiger partial charge in [-0.2, -0.15) is 0 Å². The fraction of sp³-hybridized carbons (Fsp3) is 0.133. The van der Waals surface area contributed by atoms with Gasteiger partial charge in [-0.3, -0.25) is 0 Å². The molecule has 21 heavy (non-hydrogen) atoms. The van der Waals surface area contributed by atoms with Gasteiger partial charge >= 0.3 is 5.97 Å². The maximum absolute atomic E-state index is 13.7. The smallest absolute Gasteiger partial charge is 0.340 e. The first kappa shape index (κ1) is 14.9. The maximum atomic E-state index is 13.7. The second-order valence-electron chi connectivity index (χ2n) is 4.17. The lowest BCUT2D eigenvalue weighted by Crippen LogP contribution is -2.06. The molecule has 0 bridgehead atoms. The largest absolute Gasteiger partial charge is 0.486 e.